The summed E-state index contributed by atoms with van der Waals surface area (Å²) in [5, 5.41) is 0.816. The van der Waals surface area contributed by atoms with Crippen LogP contribution in [0.3, 0.4) is 0 Å². The molecule has 2 saturated heterocycles. The summed E-state index contributed by atoms with van der Waals surface area (Å²) in [6.45, 7) is 7.55. The normalized spacial score (nSPS) is 27.1. The van der Waals surface area contributed by atoms with E-state index in [-0.39, 0.29) is 35.8 Å². The molecular formula is C35H36Cl2F4N6O3S. The third kappa shape index (κ3) is 5.98. The highest BCUT2D eigenvalue weighted by Crippen LogP contribution is 2.56. The third-order valence-corrected chi connectivity index (χ3v) is 12.3. The second-order valence-corrected chi connectivity index (χ2v) is 16.2. The molecule has 0 bridgehead atoms. The molecule has 1 aromatic heterocycles. The molecule has 1 spiro atoms. The molecule has 4 aliphatic heterocycles. The van der Waals surface area contributed by atoms with E-state index in [1.807, 2.05) is 31.7 Å². The van der Waals surface area contributed by atoms with Gasteiger partial charge in [0.15, 0.2) is 5.17 Å². The summed E-state index contributed by atoms with van der Waals surface area (Å²) in [6.07, 6.45) is -1.64. The molecule has 9 nitrogen and oxygen atoms in total. The minimum absolute atomic E-state index is 0.00983. The molecule has 0 radical (unpaired) electrons. The number of thioether (sulfide) groups is 1. The molecule has 272 valence electrons. The molecular weight excluding hydrogens is 731 g/mol. The maximum absolute atomic E-state index is 15.0. The van der Waals surface area contributed by atoms with Gasteiger partial charge in [-0.25, -0.2) is 14.4 Å². The molecule has 7 rings (SSSR count). The lowest BCUT2D eigenvalue weighted by Gasteiger charge is -2.47. The number of aliphatic imine (C=N–C) groups is 1. The fourth-order valence-corrected chi connectivity index (χ4v) is 9.60. The van der Waals surface area contributed by atoms with Crippen LogP contribution in [0.2, 0.25) is 10.2 Å². The van der Waals surface area contributed by atoms with E-state index in [0.29, 0.717) is 58.7 Å². The van der Waals surface area contributed by atoms with Crippen molar-refractivity contribution in [1.29, 1.82) is 0 Å². The van der Waals surface area contributed by atoms with Crippen LogP contribution in [0.5, 0.6) is 0 Å². The average Bonchev–Trinajstić information content (AvgIpc) is 3.37. The summed E-state index contributed by atoms with van der Waals surface area (Å²) >= 11 is 13.4. The first kappa shape index (κ1) is 36.0. The van der Waals surface area contributed by atoms with Crippen LogP contribution in [0.15, 0.2) is 52.1 Å². The first-order valence-corrected chi connectivity index (χ1v) is 18.4. The minimum atomic E-state index is -5.00. The van der Waals surface area contributed by atoms with Crippen molar-refractivity contribution in [3.63, 3.8) is 0 Å². The Balaban J connectivity index is 1.20. The summed E-state index contributed by atoms with van der Waals surface area (Å²) in [7, 11) is 0. The number of piperazine rings is 1. The van der Waals surface area contributed by atoms with Crippen molar-refractivity contribution in [2.24, 2.45) is 10.9 Å². The van der Waals surface area contributed by atoms with Gasteiger partial charge < -0.3 is 19.6 Å². The lowest BCUT2D eigenvalue weighted by Crippen LogP contribution is -2.65. The van der Waals surface area contributed by atoms with Gasteiger partial charge in [0.1, 0.15) is 27.5 Å². The zero-order chi connectivity index (χ0) is 36.8. The molecule has 3 amide bonds. The van der Waals surface area contributed by atoms with Crippen molar-refractivity contribution in [1.82, 2.24) is 24.6 Å². The first-order chi connectivity index (χ1) is 24.0. The van der Waals surface area contributed by atoms with Gasteiger partial charge >= 0.3 is 12.1 Å². The molecule has 4 atom stereocenters. The van der Waals surface area contributed by atoms with Crippen LogP contribution < -0.4 is 0 Å². The highest BCUT2D eigenvalue weighted by Gasteiger charge is 2.61. The topological polar surface area (TPSA) is 89.4 Å². The van der Waals surface area contributed by atoms with Crippen molar-refractivity contribution in [2.45, 2.75) is 88.8 Å². The van der Waals surface area contributed by atoms with Crippen LogP contribution in [0.25, 0.3) is 0 Å². The average molecular weight is 768 g/mol. The minimum Gasteiger partial charge on any atom is -0.334 e. The van der Waals surface area contributed by atoms with E-state index >= 15 is 4.39 Å². The summed E-state index contributed by atoms with van der Waals surface area (Å²) in [5.74, 6) is -3.34. The number of halogens is 6. The Hall–Kier alpha value is -3.36. The van der Waals surface area contributed by atoms with Crippen molar-refractivity contribution in [2.75, 3.05) is 19.6 Å². The number of fused-ring (bicyclic) bond motifs is 1. The summed E-state index contributed by atoms with van der Waals surface area (Å²) < 4.78 is 55.3. The second-order valence-electron chi connectivity index (χ2n) is 14.4. The van der Waals surface area contributed by atoms with Crippen LogP contribution in [-0.2, 0) is 19.9 Å². The number of amides is 3. The number of allylic oxidation sites excluding steroid dienone is 1. The number of aromatic nitrogens is 1. The summed E-state index contributed by atoms with van der Waals surface area (Å²) in [6, 6.07) is 6.01. The predicted molar refractivity (Wildman–Crippen MR) is 185 cm³/mol. The smallest absolute Gasteiger partial charge is 0.334 e. The molecule has 1 aliphatic carbocycles. The molecule has 1 unspecified atom stereocenters. The Morgan fingerprint density at radius 1 is 1.08 bits per heavy atom. The molecule has 3 fully saturated rings. The van der Waals surface area contributed by atoms with Crippen molar-refractivity contribution in [3.05, 3.63) is 74.3 Å². The predicted octanol–water partition coefficient (Wildman–Crippen LogP) is 6.92. The number of carbonyl (C=O) groups is 3. The first-order valence-electron chi connectivity index (χ1n) is 16.8. The van der Waals surface area contributed by atoms with E-state index in [9.17, 15) is 27.6 Å². The fraction of sp³-hybridized carbons (Fsp3) is 0.514. The number of hydrogen-bond donors (Lipinski definition) is 0. The number of nitrogens with zero attached hydrogens (tertiary/aromatic N) is 6. The summed E-state index contributed by atoms with van der Waals surface area (Å²) in [5.41, 5.74) is -0.0119. The molecule has 2 aromatic rings. The molecule has 1 saturated carbocycles. The zero-order valence-electron chi connectivity index (χ0n) is 28.3. The van der Waals surface area contributed by atoms with Gasteiger partial charge in [0.25, 0.3) is 5.91 Å². The highest BCUT2D eigenvalue weighted by molar-refractivity contribution is 8.18. The fourth-order valence-electron chi connectivity index (χ4n) is 8.01. The molecule has 5 heterocycles. The molecule has 16 heteroatoms. The Morgan fingerprint density at radius 2 is 1.80 bits per heavy atom. The molecule has 51 heavy (non-hydrogen) atoms. The third-order valence-electron chi connectivity index (χ3n) is 10.7. The van der Waals surface area contributed by atoms with E-state index in [2.05, 4.69) is 4.98 Å². The second kappa shape index (κ2) is 12.6. The van der Waals surface area contributed by atoms with Gasteiger partial charge in [-0.15, -0.1) is 0 Å². The van der Waals surface area contributed by atoms with Gasteiger partial charge in [-0.1, -0.05) is 49.2 Å². The number of benzene rings is 1. The Labute approximate surface area is 307 Å². The Morgan fingerprint density at radius 3 is 2.41 bits per heavy atom. The maximum Gasteiger partial charge on any atom is 0.471 e. The number of alkyl halides is 3. The van der Waals surface area contributed by atoms with Gasteiger partial charge in [-0.05, 0) is 81.0 Å². The highest BCUT2D eigenvalue weighted by atomic mass is 35.5. The number of likely N-dealkylation sites (tertiary alicyclic amines) is 1. The van der Waals surface area contributed by atoms with E-state index in [0.717, 1.165) is 10.5 Å². The zero-order valence-corrected chi connectivity index (χ0v) is 30.6. The largest absolute Gasteiger partial charge is 0.471 e. The van der Waals surface area contributed by atoms with E-state index in [4.69, 9.17) is 28.2 Å². The van der Waals surface area contributed by atoms with Gasteiger partial charge in [0, 0.05) is 43.1 Å². The number of carbonyl (C=O) groups excluding carboxylic acids is 3. The maximum atomic E-state index is 15.0. The number of pyridine rings is 1. The number of amidine groups is 1. The van der Waals surface area contributed by atoms with Crippen molar-refractivity contribution >= 4 is 57.9 Å². The van der Waals surface area contributed by atoms with Crippen LogP contribution in [0.4, 0.5) is 17.6 Å². The molecule has 5 aliphatic rings. The van der Waals surface area contributed by atoms with Crippen molar-refractivity contribution < 1.29 is 31.9 Å². The van der Waals surface area contributed by atoms with Crippen LogP contribution in [0, 0.1) is 11.7 Å². The Kier molecular flexibility index (Phi) is 8.93. The van der Waals surface area contributed by atoms with Gasteiger partial charge in [0.05, 0.1) is 16.6 Å². The molecule has 1 aromatic carbocycles. The lowest BCUT2D eigenvalue weighted by molar-refractivity contribution is -0.193. The van der Waals surface area contributed by atoms with Crippen LogP contribution in [0.1, 0.15) is 70.5 Å². The van der Waals surface area contributed by atoms with Gasteiger partial charge in [0.2, 0.25) is 5.91 Å². The monoisotopic (exact) mass is 766 g/mol. The Bertz CT molecular complexity index is 1870. The summed E-state index contributed by atoms with van der Waals surface area (Å²) in [4.78, 5) is 56.9. The standard InChI is InChI=1S/C35H36Cl2F4N6O3S/c1-18(2)26-27(51-32-43-33(4,21-8-10-25(37)42-15-21)28(47(26)32)20-7-9-22(36)23(38)14-20)30(49)44-13-5-6-24(44)29(48)45-17-34(11-12-34)46(16-19(45)3)31(50)35(39,40)41/h7-10,14-15,18-19,24,28H,5-6,11-13,16-17H2,1-4H3/t19-,24?,28+,33-/m0/s1. The molecule has 0 N–H and O–H groups in total. The SMILES string of the molecule is CC(C)C1=C(C(=O)N2CCCC2C(=O)N2CC3(CC3)N(C(=O)C(F)(F)F)C[C@@H]2C)SC2=N[C@@](C)(c3ccc(Cl)nc3)[C@@H](c3ccc(Cl)c(F)c3)N21. The van der Waals surface area contributed by atoms with Gasteiger partial charge in [-0.2, -0.15) is 13.2 Å². The van der Waals surface area contributed by atoms with E-state index in [1.165, 1.54) is 23.9 Å². The van der Waals surface area contributed by atoms with E-state index in [1.54, 1.807) is 35.1 Å². The van der Waals surface area contributed by atoms with Crippen LogP contribution in [-0.4, -0.2) is 90.9 Å². The number of hydrogen-bond acceptors (Lipinski definition) is 7. The lowest BCUT2D eigenvalue weighted by atomic mass is 9.81. The van der Waals surface area contributed by atoms with Crippen molar-refractivity contribution in [3.8, 4) is 0 Å². The quantitative estimate of drug-likeness (QED) is 0.243. The van der Waals surface area contributed by atoms with E-state index < -0.39 is 47.1 Å². The number of rotatable bonds is 5. The van der Waals surface area contributed by atoms with Gasteiger partial charge in [-0.3, -0.25) is 14.4 Å². The van der Waals surface area contributed by atoms with Crippen LogP contribution >= 0.6 is 35.0 Å².